The maximum atomic E-state index is 14.8. The van der Waals surface area contributed by atoms with Crippen molar-refractivity contribution < 1.29 is 66.6 Å². The average Bonchev–Trinajstić information content (AvgIpc) is 3.84. The Labute approximate surface area is 451 Å². The number of methoxy groups -OCH3 is 1. The van der Waals surface area contributed by atoms with Crippen molar-refractivity contribution in [3.63, 3.8) is 0 Å². The van der Waals surface area contributed by atoms with E-state index in [1.165, 1.54) is 23.9 Å². The van der Waals surface area contributed by atoms with E-state index in [0.29, 0.717) is 69.3 Å². The number of carbonyl (C=O) groups excluding carboxylic acids is 1. The molecule has 2 bridgehead atoms. The molecule has 4 N–H and O–H groups in total. The third-order valence-corrected chi connectivity index (χ3v) is 18.9. The zero-order chi connectivity index (χ0) is 56.2. The fourth-order valence-corrected chi connectivity index (χ4v) is 13.6. The van der Waals surface area contributed by atoms with Crippen molar-refractivity contribution >= 4 is 21.5 Å². The number of likely N-dealkylation sites (N-methyl/N-ethyl adjacent to an activating group) is 1. The largest absolute Gasteiger partial charge is 0.459 e. The number of rotatable bonds is 15. The summed E-state index contributed by atoms with van der Waals surface area (Å²) in [5.41, 5.74) is -0.538. The monoisotopic (exact) mass is 1090 g/mol. The predicted octanol–water partition coefficient (Wildman–Crippen LogP) is 7.05. The number of nitrogens with zero attached hydrogens (tertiary/aromatic N) is 5. The molecule has 4 heterocycles. The van der Waals surface area contributed by atoms with Gasteiger partial charge in [-0.05, 0) is 128 Å². The number of sulfone groups is 1. The van der Waals surface area contributed by atoms with Gasteiger partial charge in [0.25, 0.3) is 0 Å². The zero-order valence-electron chi connectivity index (χ0n) is 47.3. The Morgan fingerprint density at radius 1 is 1.03 bits per heavy atom. The molecule has 0 radical (unpaired) electrons. The molecular formula is C56H90FN5O13S. The third kappa shape index (κ3) is 13.9. The SMILES string of the molecule is C=C1CC[C@@H]2[C@@H](C)/C(=N/O)[C@H](C)C[C@@](C)(CC1)[C@H](O[C@@H]1O[C@H](C)C[C@H](N(C)CCc3cn([C@H](CF)Cc4ccc(S(C)(=O)=O)cc4)nn3)[C@H]1O)[C@@H](C)[C@H](O[C@H]1C[C@@](C)(OC)[C@@H](O)[C@H](C)O1)[C@@H](C)C(=O)O[C@H](CC)[C@@]2(C)O. The quantitative estimate of drug-likeness (QED) is 0.0606. The molecule has 0 unspecified atom stereocenters. The van der Waals surface area contributed by atoms with E-state index in [1.54, 1.807) is 46.0 Å². The summed E-state index contributed by atoms with van der Waals surface area (Å²) in [7, 11) is 0.0680. The topological polar surface area (TPSA) is 234 Å². The van der Waals surface area contributed by atoms with Crippen molar-refractivity contribution in [2.45, 2.75) is 217 Å². The molecule has 4 fully saturated rings. The van der Waals surface area contributed by atoms with E-state index in [1.807, 2.05) is 46.6 Å². The third-order valence-electron chi connectivity index (χ3n) is 17.8. The van der Waals surface area contributed by atoms with Gasteiger partial charge >= 0.3 is 5.97 Å². The average molecular weight is 1090 g/mol. The van der Waals surface area contributed by atoms with Crippen molar-refractivity contribution in [2.75, 3.05) is 33.6 Å². The minimum Gasteiger partial charge on any atom is -0.459 e. The summed E-state index contributed by atoms with van der Waals surface area (Å²) >= 11 is 0. The molecule has 76 heavy (non-hydrogen) atoms. The van der Waals surface area contributed by atoms with E-state index >= 15 is 0 Å². The number of alkyl halides is 1. The van der Waals surface area contributed by atoms with Gasteiger partial charge < -0.3 is 53.8 Å². The number of hydrogen-bond acceptors (Lipinski definition) is 17. The number of fused-ring (bicyclic) bond motifs is 5. The van der Waals surface area contributed by atoms with Crippen molar-refractivity contribution in [3.8, 4) is 0 Å². The molecule has 1 aromatic carbocycles. The Balaban J connectivity index is 1.34. The van der Waals surface area contributed by atoms with Gasteiger partial charge in [-0.25, -0.2) is 17.5 Å². The standard InChI is InChI=1S/C56H90FN5O13S/c1-15-45-56(11,66)43-21-16-32(2)22-24-54(9,28-33(3)47(59-67)35(43)5)51(36(6)49(37(7)52(65)73-45)74-46-29-55(10,70-13)50(64)38(8)72-46)75-53-48(63)44(26-34(4)71-53)61(12)25-23-40-31-62(60-58-40)41(30-57)27-39-17-19-42(20-18-39)76(14,68)69/h17-20,31,33-38,41,43-46,48-51,53,63-64,66-67H,2,15-16,21-30H2,1,3-14H3/b59-47+/t33-,34-,35-,36+,37-,38+,41+,43-,44+,45-,46+,48-,49+,50+,51-,53+,54-,55-,56+/m1/s1. The number of cyclic esters (lactones) is 1. The van der Waals surface area contributed by atoms with Crippen LogP contribution in [0.15, 0.2) is 52.7 Å². The Hall–Kier alpha value is -3.44. The maximum absolute atomic E-state index is 14.8. The number of oxime groups is 1. The highest BCUT2D eigenvalue weighted by Crippen LogP contribution is 2.49. The first-order valence-corrected chi connectivity index (χ1v) is 29.3. The molecular weight excluding hydrogens is 1000 g/mol. The molecule has 20 heteroatoms. The summed E-state index contributed by atoms with van der Waals surface area (Å²) in [6, 6.07) is 5.27. The highest BCUT2D eigenvalue weighted by molar-refractivity contribution is 7.90. The van der Waals surface area contributed by atoms with E-state index in [-0.39, 0.29) is 29.8 Å². The molecule has 3 aliphatic heterocycles. The van der Waals surface area contributed by atoms with Crippen molar-refractivity contribution in [3.05, 3.63) is 53.9 Å². The van der Waals surface area contributed by atoms with Crippen LogP contribution in [0.4, 0.5) is 4.39 Å². The van der Waals surface area contributed by atoms with Gasteiger partial charge in [0.05, 0.1) is 58.3 Å². The van der Waals surface area contributed by atoms with Crippen LogP contribution in [0.2, 0.25) is 0 Å². The summed E-state index contributed by atoms with van der Waals surface area (Å²) in [5, 5.41) is 59.9. The first-order valence-electron chi connectivity index (χ1n) is 27.4. The van der Waals surface area contributed by atoms with Crippen LogP contribution in [0.3, 0.4) is 0 Å². The zero-order valence-corrected chi connectivity index (χ0v) is 48.1. The summed E-state index contributed by atoms with van der Waals surface area (Å²) in [4.78, 5) is 17.1. The number of aliphatic hydroxyl groups is 3. The Bertz CT molecular complexity index is 2390. The lowest BCUT2D eigenvalue weighted by atomic mass is 9.65. The summed E-state index contributed by atoms with van der Waals surface area (Å²) in [6.07, 6.45) is -0.929. The minimum atomic E-state index is -3.38. The number of aliphatic hydroxyl groups excluding tert-OH is 2. The van der Waals surface area contributed by atoms with Gasteiger partial charge in [0.2, 0.25) is 0 Å². The number of esters is 1. The molecule has 0 amide bonds. The number of benzene rings is 1. The molecule has 6 rings (SSSR count). The van der Waals surface area contributed by atoms with Gasteiger partial charge in [-0.3, -0.25) is 4.79 Å². The fourth-order valence-electron chi connectivity index (χ4n) is 13.0. The predicted molar refractivity (Wildman–Crippen MR) is 284 cm³/mol. The van der Waals surface area contributed by atoms with Gasteiger partial charge in [0.1, 0.15) is 30.6 Å². The van der Waals surface area contributed by atoms with E-state index in [4.69, 9.17) is 28.4 Å². The molecule has 0 spiro atoms. The van der Waals surface area contributed by atoms with Crippen LogP contribution < -0.4 is 0 Å². The van der Waals surface area contributed by atoms with Crippen LogP contribution in [-0.4, -0.2) is 167 Å². The molecule has 19 atom stereocenters. The van der Waals surface area contributed by atoms with Gasteiger partial charge in [-0.1, -0.05) is 69.3 Å². The van der Waals surface area contributed by atoms with Crippen LogP contribution in [0.25, 0.3) is 0 Å². The molecule has 1 aromatic heterocycles. The normalized spacial score (nSPS) is 39.5. The van der Waals surface area contributed by atoms with Gasteiger partial charge in [-0.15, -0.1) is 5.10 Å². The summed E-state index contributed by atoms with van der Waals surface area (Å²) in [5.74, 6) is -3.49. The lowest BCUT2D eigenvalue weighted by Crippen LogP contribution is -2.60. The minimum absolute atomic E-state index is 0.133. The van der Waals surface area contributed by atoms with Crippen LogP contribution in [0.1, 0.15) is 138 Å². The van der Waals surface area contributed by atoms with Crippen molar-refractivity contribution in [1.29, 1.82) is 0 Å². The maximum Gasteiger partial charge on any atom is 0.311 e. The summed E-state index contributed by atoms with van der Waals surface area (Å²) < 4.78 is 79.6. The Morgan fingerprint density at radius 2 is 1.71 bits per heavy atom. The lowest BCUT2D eigenvalue weighted by Gasteiger charge is -2.51. The molecule has 1 saturated carbocycles. The Kier molecular flexibility index (Phi) is 20.6. The molecule has 430 valence electrons. The van der Waals surface area contributed by atoms with E-state index < -0.39 is 124 Å². The number of allylic oxidation sites excluding steroid dienone is 1. The number of aromatic nitrogens is 3. The van der Waals surface area contributed by atoms with Crippen LogP contribution >= 0.6 is 0 Å². The fraction of sp³-hybridized carbons (Fsp3) is 0.786. The van der Waals surface area contributed by atoms with E-state index in [2.05, 4.69) is 29.0 Å². The molecule has 2 aromatic rings. The summed E-state index contributed by atoms with van der Waals surface area (Å²) in [6.45, 7) is 23.1. The van der Waals surface area contributed by atoms with Crippen molar-refractivity contribution in [2.24, 2.45) is 40.2 Å². The Morgan fingerprint density at radius 3 is 2.33 bits per heavy atom. The van der Waals surface area contributed by atoms with E-state index in [9.17, 15) is 38.1 Å². The van der Waals surface area contributed by atoms with Crippen molar-refractivity contribution in [1.82, 2.24) is 19.9 Å². The highest BCUT2D eigenvalue weighted by Gasteiger charge is 2.54. The van der Waals surface area contributed by atoms with Gasteiger partial charge in [0.15, 0.2) is 22.4 Å². The lowest BCUT2D eigenvalue weighted by molar-refractivity contribution is -0.314. The smallest absolute Gasteiger partial charge is 0.311 e. The second-order valence-corrected chi connectivity index (χ2v) is 25.7. The van der Waals surface area contributed by atoms with Gasteiger partial charge in [-0.2, -0.15) is 0 Å². The van der Waals surface area contributed by atoms with Crippen LogP contribution in [0, 0.1) is 35.0 Å². The second kappa shape index (κ2) is 25.3. The second-order valence-electron chi connectivity index (χ2n) is 23.7. The molecule has 18 nitrogen and oxygen atoms in total. The molecule has 3 saturated heterocycles. The number of ether oxygens (including phenoxy) is 6. The number of halogens is 1. The highest BCUT2D eigenvalue weighted by atomic mass is 32.2. The van der Waals surface area contributed by atoms with Gasteiger partial charge in [0, 0.05) is 56.8 Å². The van der Waals surface area contributed by atoms with Crippen LogP contribution in [0.5, 0.6) is 0 Å². The first kappa shape index (κ1) is 61.8. The number of carbonyl (C=O) groups is 1. The molecule has 4 aliphatic rings. The first-order chi connectivity index (χ1) is 35.6. The molecule has 1 aliphatic carbocycles. The number of hydrogen-bond donors (Lipinski definition) is 4. The van der Waals surface area contributed by atoms with Crippen LogP contribution in [-0.2, 0) is 55.9 Å². The van der Waals surface area contributed by atoms with E-state index in [0.717, 1.165) is 17.4 Å².